The lowest BCUT2D eigenvalue weighted by molar-refractivity contribution is -0.153. The molecule has 0 saturated carbocycles. The number of likely N-dealkylation sites (tertiary alicyclic amines) is 1. The van der Waals surface area contributed by atoms with Gasteiger partial charge < -0.3 is 10.0 Å². The summed E-state index contributed by atoms with van der Waals surface area (Å²) in [5, 5.41) is 10.9. The standard InChI is InChI=1S/C13H15NO3S/c15-12(14-6-8(7-14)13(16)17)10-2-1-3-11-9(10)4-5-18-11/h4-5,8,10H,1-3,6-7H2,(H,16,17). The quantitative estimate of drug-likeness (QED) is 0.885. The van der Waals surface area contributed by atoms with Crippen LogP contribution < -0.4 is 0 Å². The highest BCUT2D eigenvalue weighted by Gasteiger charge is 2.39. The Kier molecular flexibility index (Phi) is 2.86. The van der Waals surface area contributed by atoms with Crippen LogP contribution in [-0.2, 0) is 16.0 Å². The second kappa shape index (κ2) is 4.39. The molecule has 0 spiro atoms. The average Bonchev–Trinajstić information content (AvgIpc) is 2.73. The Morgan fingerprint density at radius 3 is 2.89 bits per heavy atom. The van der Waals surface area contributed by atoms with Gasteiger partial charge in [-0.05, 0) is 36.3 Å². The molecule has 0 aromatic carbocycles. The second-order valence-electron chi connectivity index (χ2n) is 5.02. The molecule has 1 fully saturated rings. The summed E-state index contributed by atoms with van der Waals surface area (Å²) in [6.07, 6.45) is 3.03. The maximum atomic E-state index is 12.3. The van der Waals surface area contributed by atoms with Crippen LogP contribution in [0, 0.1) is 5.92 Å². The Morgan fingerprint density at radius 1 is 1.39 bits per heavy atom. The molecule has 1 aromatic rings. The zero-order chi connectivity index (χ0) is 12.7. The van der Waals surface area contributed by atoms with Crippen molar-refractivity contribution < 1.29 is 14.7 Å². The highest BCUT2D eigenvalue weighted by atomic mass is 32.1. The van der Waals surface area contributed by atoms with E-state index in [0.29, 0.717) is 13.1 Å². The number of aliphatic carboxylic acids is 1. The van der Waals surface area contributed by atoms with E-state index >= 15 is 0 Å². The first kappa shape index (κ1) is 11.7. The number of thiophene rings is 1. The Labute approximate surface area is 109 Å². The van der Waals surface area contributed by atoms with Crippen LogP contribution in [0.15, 0.2) is 11.4 Å². The third kappa shape index (κ3) is 1.82. The van der Waals surface area contributed by atoms with E-state index in [0.717, 1.165) is 19.3 Å². The number of hydrogen-bond acceptors (Lipinski definition) is 3. The molecule has 2 aliphatic rings. The minimum atomic E-state index is -0.793. The Balaban J connectivity index is 1.70. The molecule has 1 saturated heterocycles. The van der Waals surface area contributed by atoms with E-state index in [-0.39, 0.29) is 17.7 Å². The van der Waals surface area contributed by atoms with E-state index in [2.05, 4.69) is 6.07 Å². The van der Waals surface area contributed by atoms with E-state index in [1.54, 1.807) is 16.2 Å². The monoisotopic (exact) mass is 265 g/mol. The van der Waals surface area contributed by atoms with E-state index < -0.39 is 5.97 Å². The van der Waals surface area contributed by atoms with Crippen LogP contribution in [0.2, 0.25) is 0 Å². The lowest BCUT2D eigenvalue weighted by atomic mass is 9.85. The van der Waals surface area contributed by atoms with E-state index in [4.69, 9.17) is 5.11 Å². The number of amides is 1. The summed E-state index contributed by atoms with van der Waals surface area (Å²) in [4.78, 5) is 26.1. The fourth-order valence-electron chi connectivity index (χ4n) is 2.78. The summed E-state index contributed by atoms with van der Waals surface area (Å²) in [5.41, 5.74) is 1.18. The van der Waals surface area contributed by atoms with Crippen molar-refractivity contribution in [1.82, 2.24) is 4.90 Å². The number of carbonyl (C=O) groups is 2. The lowest BCUT2D eigenvalue weighted by Gasteiger charge is -2.39. The van der Waals surface area contributed by atoms with E-state index in [9.17, 15) is 9.59 Å². The molecule has 2 heterocycles. The summed E-state index contributed by atoms with van der Waals surface area (Å²) in [5.74, 6) is -1.07. The van der Waals surface area contributed by atoms with E-state index in [1.165, 1.54) is 10.4 Å². The molecule has 96 valence electrons. The van der Waals surface area contributed by atoms with Gasteiger partial charge in [-0.2, -0.15) is 0 Å². The van der Waals surface area contributed by atoms with Crippen LogP contribution in [0.4, 0.5) is 0 Å². The van der Waals surface area contributed by atoms with Crippen molar-refractivity contribution in [2.45, 2.75) is 25.2 Å². The maximum Gasteiger partial charge on any atom is 0.310 e. The smallest absolute Gasteiger partial charge is 0.310 e. The zero-order valence-electron chi connectivity index (χ0n) is 9.96. The second-order valence-corrected chi connectivity index (χ2v) is 6.02. The zero-order valence-corrected chi connectivity index (χ0v) is 10.8. The topological polar surface area (TPSA) is 57.6 Å². The van der Waals surface area contributed by atoms with Crippen molar-refractivity contribution in [3.8, 4) is 0 Å². The number of fused-ring (bicyclic) bond motifs is 1. The van der Waals surface area contributed by atoms with Crippen molar-refractivity contribution in [3.05, 3.63) is 21.9 Å². The molecular formula is C13H15NO3S. The van der Waals surface area contributed by atoms with Crippen molar-refractivity contribution in [2.24, 2.45) is 5.92 Å². The number of hydrogen-bond donors (Lipinski definition) is 1. The summed E-state index contributed by atoms with van der Waals surface area (Å²) in [7, 11) is 0. The fourth-order valence-corrected chi connectivity index (χ4v) is 3.77. The van der Waals surface area contributed by atoms with Crippen molar-refractivity contribution in [2.75, 3.05) is 13.1 Å². The first-order valence-electron chi connectivity index (χ1n) is 6.24. The molecule has 1 aromatic heterocycles. The maximum absolute atomic E-state index is 12.3. The molecule has 1 N–H and O–H groups in total. The molecule has 4 nitrogen and oxygen atoms in total. The molecule has 1 unspecified atom stereocenters. The van der Waals surface area contributed by atoms with Gasteiger partial charge in [-0.1, -0.05) is 0 Å². The predicted octanol–water partition coefficient (Wildman–Crippen LogP) is 1.71. The van der Waals surface area contributed by atoms with Crippen LogP contribution >= 0.6 is 11.3 Å². The fraction of sp³-hybridized carbons (Fsp3) is 0.538. The minimum Gasteiger partial charge on any atom is -0.481 e. The summed E-state index contributed by atoms with van der Waals surface area (Å²) in [6, 6.07) is 2.05. The number of carboxylic acid groups (broad SMARTS) is 1. The summed E-state index contributed by atoms with van der Waals surface area (Å²) in [6.45, 7) is 0.758. The molecule has 1 aliphatic heterocycles. The highest BCUT2D eigenvalue weighted by Crippen LogP contribution is 2.37. The predicted molar refractivity (Wildman–Crippen MR) is 67.7 cm³/mol. The van der Waals surface area contributed by atoms with Gasteiger partial charge in [-0.25, -0.2) is 0 Å². The van der Waals surface area contributed by atoms with Gasteiger partial charge in [0.2, 0.25) is 5.91 Å². The summed E-state index contributed by atoms with van der Waals surface area (Å²) < 4.78 is 0. The van der Waals surface area contributed by atoms with Crippen LogP contribution in [0.5, 0.6) is 0 Å². The third-order valence-corrected chi connectivity index (χ3v) is 4.89. The first-order valence-corrected chi connectivity index (χ1v) is 7.12. The number of aryl methyl sites for hydroxylation is 1. The molecule has 1 amide bonds. The van der Waals surface area contributed by atoms with Crippen molar-refractivity contribution >= 4 is 23.2 Å². The third-order valence-electron chi connectivity index (χ3n) is 3.89. The van der Waals surface area contributed by atoms with Gasteiger partial charge in [0.05, 0.1) is 11.8 Å². The number of carbonyl (C=O) groups excluding carboxylic acids is 1. The lowest BCUT2D eigenvalue weighted by Crippen LogP contribution is -2.54. The van der Waals surface area contributed by atoms with Gasteiger partial charge >= 0.3 is 5.97 Å². The normalized spacial score (nSPS) is 23.3. The van der Waals surface area contributed by atoms with Gasteiger partial charge in [-0.15, -0.1) is 11.3 Å². The molecule has 18 heavy (non-hydrogen) atoms. The number of nitrogens with zero attached hydrogens (tertiary/aromatic N) is 1. The van der Waals surface area contributed by atoms with Gasteiger partial charge in [0, 0.05) is 18.0 Å². The van der Waals surface area contributed by atoms with Crippen LogP contribution in [0.3, 0.4) is 0 Å². The van der Waals surface area contributed by atoms with Crippen LogP contribution in [0.25, 0.3) is 0 Å². The van der Waals surface area contributed by atoms with Gasteiger partial charge in [0.15, 0.2) is 0 Å². The molecule has 1 aliphatic carbocycles. The Hall–Kier alpha value is -1.36. The largest absolute Gasteiger partial charge is 0.481 e. The summed E-state index contributed by atoms with van der Waals surface area (Å²) >= 11 is 1.72. The molecule has 5 heteroatoms. The minimum absolute atomic E-state index is 0.0326. The van der Waals surface area contributed by atoms with Crippen molar-refractivity contribution in [3.63, 3.8) is 0 Å². The molecule has 0 radical (unpaired) electrons. The Bertz CT molecular complexity index is 490. The van der Waals surface area contributed by atoms with Gasteiger partial charge in [0.1, 0.15) is 0 Å². The molecule has 3 rings (SSSR count). The van der Waals surface area contributed by atoms with Gasteiger partial charge in [0.25, 0.3) is 0 Å². The first-order chi connectivity index (χ1) is 8.66. The van der Waals surface area contributed by atoms with Crippen molar-refractivity contribution in [1.29, 1.82) is 0 Å². The molecule has 1 atom stereocenters. The van der Waals surface area contributed by atoms with Crippen LogP contribution in [-0.4, -0.2) is 35.0 Å². The number of carboxylic acids is 1. The highest BCUT2D eigenvalue weighted by molar-refractivity contribution is 7.10. The number of rotatable bonds is 2. The molecule has 0 bridgehead atoms. The Morgan fingerprint density at radius 2 is 2.17 bits per heavy atom. The van der Waals surface area contributed by atoms with Crippen LogP contribution in [0.1, 0.15) is 29.2 Å². The SMILES string of the molecule is O=C(O)C1CN(C(=O)C2CCCc3sccc32)C1. The molecular weight excluding hydrogens is 250 g/mol. The van der Waals surface area contributed by atoms with Gasteiger partial charge in [-0.3, -0.25) is 9.59 Å². The average molecular weight is 265 g/mol. The van der Waals surface area contributed by atoms with E-state index in [1.807, 2.05) is 5.38 Å².